The van der Waals surface area contributed by atoms with E-state index in [1.165, 1.54) is 0 Å². The maximum absolute atomic E-state index is 11.8. The molecule has 2 N–H and O–H groups in total. The Hall–Kier alpha value is -1.59. The molecule has 4 atom stereocenters. The van der Waals surface area contributed by atoms with E-state index in [0.717, 1.165) is 18.6 Å². The van der Waals surface area contributed by atoms with E-state index in [1.807, 2.05) is 44.2 Å². The van der Waals surface area contributed by atoms with Gasteiger partial charge in [-0.3, -0.25) is 4.79 Å². The van der Waals surface area contributed by atoms with Gasteiger partial charge < -0.3 is 19.9 Å². The van der Waals surface area contributed by atoms with E-state index in [4.69, 9.17) is 19.9 Å². The predicted molar refractivity (Wildman–Crippen MR) is 90.4 cm³/mol. The summed E-state index contributed by atoms with van der Waals surface area (Å²) >= 11 is 0. The van der Waals surface area contributed by atoms with Gasteiger partial charge in [0.15, 0.2) is 6.10 Å². The highest BCUT2D eigenvalue weighted by atomic mass is 16.6. The predicted octanol–water partition coefficient (Wildman–Crippen LogP) is 2.92. The molecular weight excluding hydrogens is 294 g/mol. The molecule has 0 fully saturated rings. The van der Waals surface area contributed by atoms with Crippen molar-refractivity contribution in [1.29, 1.82) is 0 Å². The fourth-order valence-corrected chi connectivity index (χ4v) is 2.20. The number of hydrogen-bond acceptors (Lipinski definition) is 5. The lowest BCUT2D eigenvalue weighted by Gasteiger charge is -2.31. The zero-order valence-corrected chi connectivity index (χ0v) is 14.5. The molecule has 0 aliphatic heterocycles. The molecule has 130 valence electrons. The number of nitrogens with two attached hydrogens (primary N) is 1. The van der Waals surface area contributed by atoms with Crippen molar-refractivity contribution in [3.05, 3.63) is 30.3 Å². The molecule has 0 bridgehead atoms. The third kappa shape index (κ3) is 6.59. The minimum absolute atomic E-state index is 0.161. The van der Waals surface area contributed by atoms with E-state index >= 15 is 0 Å². The first kappa shape index (κ1) is 19.5. The molecule has 0 aliphatic carbocycles. The number of carbonyl (C=O) groups excluding carboxylic acids is 1. The summed E-state index contributed by atoms with van der Waals surface area (Å²) in [4.78, 5) is 11.8. The second-order valence-electron chi connectivity index (χ2n) is 5.64. The van der Waals surface area contributed by atoms with Crippen LogP contribution in [-0.2, 0) is 14.3 Å². The van der Waals surface area contributed by atoms with E-state index in [9.17, 15) is 4.79 Å². The second kappa shape index (κ2) is 10.2. The number of carbonyl (C=O) groups is 1. The van der Waals surface area contributed by atoms with E-state index in [0.29, 0.717) is 6.61 Å². The average molecular weight is 323 g/mol. The molecule has 0 spiro atoms. The number of esters is 1. The average Bonchev–Trinajstić information content (AvgIpc) is 2.55. The topological polar surface area (TPSA) is 70.8 Å². The Morgan fingerprint density at radius 2 is 1.83 bits per heavy atom. The zero-order chi connectivity index (χ0) is 17.2. The van der Waals surface area contributed by atoms with Crippen LogP contribution >= 0.6 is 0 Å². The van der Waals surface area contributed by atoms with E-state index in [2.05, 4.69) is 6.92 Å². The molecule has 1 aromatic carbocycles. The maximum Gasteiger partial charge on any atom is 0.323 e. The summed E-state index contributed by atoms with van der Waals surface area (Å²) < 4.78 is 17.4. The Kier molecular flexibility index (Phi) is 8.66. The van der Waals surface area contributed by atoms with Gasteiger partial charge in [0.05, 0.1) is 6.10 Å². The third-order valence-corrected chi connectivity index (χ3v) is 3.46. The molecule has 23 heavy (non-hydrogen) atoms. The normalized spacial score (nSPS) is 16.2. The van der Waals surface area contributed by atoms with E-state index in [-0.39, 0.29) is 6.10 Å². The summed E-state index contributed by atoms with van der Waals surface area (Å²) in [7, 11) is 0. The Morgan fingerprint density at radius 3 is 2.35 bits per heavy atom. The first-order valence-corrected chi connectivity index (χ1v) is 8.28. The van der Waals surface area contributed by atoms with Gasteiger partial charge in [-0.2, -0.15) is 0 Å². The van der Waals surface area contributed by atoms with Crippen LogP contribution in [0.1, 0.15) is 40.5 Å². The Labute approximate surface area is 139 Å². The molecule has 0 radical (unpaired) electrons. The summed E-state index contributed by atoms with van der Waals surface area (Å²) in [6.45, 7) is 8.14. The molecule has 5 nitrogen and oxygen atoms in total. The lowest BCUT2D eigenvalue weighted by molar-refractivity contribution is -0.159. The number of hydrogen-bond donors (Lipinski definition) is 1. The van der Waals surface area contributed by atoms with Crippen LogP contribution in [-0.4, -0.2) is 36.9 Å². The van der Waals surface area contributed by atoms with Crippen LogP contribution in [0.5, 0.6) is 5.75 Å². The molecular formula is C18H29NO4. The van der Waals surface area contributed by atoms with Gasteiger partial charge in [-0.1, -0.05) is 32.0 Å². The number of benzene rings is 1. The van der Waals surface area contributed by atoms with Crippen molar-refractivity contribution in [3.63, 3.8) is 0 Å². The van der Waals surface area contributed by atoms with Crippen molar-refractivity contribution in [2.24, 2.45) is 5.73 Å². The monoisotopic (exact) mass is 323 g/mol. The Bertz CT molecular complexity index is 450. The number of rotatable bonds is 10. The SMILES string of the molecule is CCCO[C@@H](CC)[C@@H](Oc1ccccc1)[C@H](C)OC(=O)C(C)N. The van der Waals surface area contributed by atoms with E-state index in [1.54, 1.807) is 6.92 Å². The van der Waals surface area contributed by atoms with Crippen molar-refractivity contribution >= 4 is 5.97 Å². The highest BCUT2D eigenvalue weighted by Crippen LogP contribution is 2.20. The maximum atomic E-state index is 11.8. The standard InChI is InChI=1S/C18H29NO4/c1-5-12-21-16(6-2)17(14(4)22-18(20)13(3)19)23-15-10-8-7-9-11-15/h7-11,13-14,16-17H,5-6,12,19H2,1-4H3/t13?,14-,16-,17-/m0/s1. The molecule has 1 unspecified atom stereocenters. The molecule has 1 rings (SSSR count). The van der Waals surface area contributed by atoms with Crippen molar-refractivity contribution in [1.82, 2.24) is 0 Å². The van der Waals surface area contributed by atoms with Gasteiger partial charge in [0, 0.05) is 6.61 Å². The van der Waals surface area contributed by atoms with Crippen LogP contribution in [0.2, 0.25) is 0 Å². The molecule has 0 amide bonds. The number of ether oxygens (including phenoxy) is 3. The summed E-state index contributed by atoms with van der Waals surface area (Å²) in [6, 6.07) is 8.81. The van der Waals surface area contributed by atoms with Gasteiger partial charge >= 0.3 is 5.97 Å². The summed E-state index contributed by atoms with van der Waals surface area (Å²) in [5.41, 5.74) is 5.58. The highest BCUT2D eigenvalue weighted by Gasteiger charge is 2.31. The van der Waals surface area contributed by atoms with Crippen molar-refractivity contribution in [2.45, 2.75) is 64.9 Å². The lowest BCUT2D eigenvalue weighted by atomic mass is 10.1. The first-order chi connectivity index (χ1) is 11.0. The van der Waals surface area contributed by atoms with Crippen LogP contribution in [0.4, 0.5) is 0 Å². The largest absolute Gasteiger partial charge is 0.484 e. The molecule has 0 aliphatic rings. The molecule has 0 aromatic heterocycles. The van der Waals surface area contributed by atoms with Crippen molar-refractivity contribution in [3.8, 4) is 5.75 Å². The minimum atomic E-state index is -0.661. The van der Waals surface area contributed by atoms with Gasteiger partial charge in [-0.05, 0) is 38.8 Å². The Balaban J connectivity index is 2.87. The van der Waals surface area contributed by atoms with Crippen LogP contribution < -0.4 is 10.5 Å². The Morgan fingerprint density at radius 1 is 1.17 bits per heavy atom. The van der Waals surface area contributed by atoms with Crippen LogP contribution in [0.15, 0.2) is 30.3 Å². The van der Waals surface area contributed by atoms with Gasteiger partial charge in [-0.25, -0.2) is 0 Å². The molecule has 0 saturated carbocycles. The van der Waals surface area contributed by atoms with E-state index < -0.39 is 24.2 Å². The molecule has 1 aromatic rings. The zero-order valence-electron chi connectivity index (χ0n) is 14.5. The minimum Gasteiger partial charge on any atom is -0.484 e. The van der Waals surface area contributed by atoms with Crippen LogP contribution in [0.3, 0.4) is 0 Å². The lowest BCUT2D eigenvalue weighted by Crippen LogP contribution is -2.46. The fraction of sp³-hybridized carbons (Fsp3) is 0.611. The van der Waals surface area contributed by atoms with Crippen molar-refractivity contribution in [2.75, 3.05) is 6.61 Å². The van der Waals surface area contributed by atoms with Crippen LogP contribution in [0.25, 0.3) is 0 Å². The second-order valence-corrected chi connectivity index (χ2v) is 5.64. The van der Waals surface area contributed by atoms with Gasteiger partial charge in [0.25, 0.3) is 0 Å². The highest BCUT2D eigenvalue weighted by molar-refractivity contribution is 5.75. The summed E-state index contributed by atoms with van der Waals surface area (Å²) in [5.74, 6) is 0.282. The summed E-state index contributed by atoms with van der Waals surface area (Å²) in [6.07, 6.45) is 0.665. The van der Waals surface area contributed by atoms with Gasteiger partial charge in [-0.15, -0.1) is 0 Å². The first-order valence-electron chi connectivity index (χ1n) is 8.28. The fourth-order valence-electron chi connectivity index (χ4n) is 2.20. The van der Waals surface area contributed by atoms with Gasteiger partial charge in [0.1, 0.15) is 17.9 Å². The third-order valence-electron chi connectivity index (χ3n) is 3.46. The van der Waals surface area contributed by atoms with Crippen molar-refractivity contribution < 1.29 is 19.0 Å². The van der Waals surface area contributed by atoms with Crippen LogP contribution in [0, 0.1) is 0 Å². The molecule has 5 heteroatoms. The number of para-hydroxylation sites is 1. The quantitative estimate of drug-likeness (QED) is 0.670. The molecule has 0 heterocycles. The summed E-state index contributed by atoms with van der Waals surface area (Å²) in [5, 5.41) is 0. The smallest absolute Gasteiger partial charge is 0.323 e. The van der Waals surface area contributed by atoms with Gasteiger partial charge in [0.2, 0.25) is 0 Å². The molecule has 0 saturated heterocycles.